The third-order valence-electron chi connectivity index (χ3n) is 4.40. The molecular weight excluding hydrogens is 352 g/mol. The van der Waals surface area contributed by atoms with E-state index in [0.29, 0.717) is 17.4 Å². The van der Waals surface area contributed by atoms with E-state index in [1.807, 2.05) is 45.4 Å². The SMILES string of the molecule is CN(C)Cc1cccc(C(=O)Nc2nc(C3CCNCC3)nn2C)c1.Cl. The fraction of sp³-hybridized carbons (Fsp3) is 0.500. The number of halogens is 1. The van der Waals surface area contributed by atoms with Crippen LogP contribution >= 0.6 is 12.4 Å². The summed E-state index contributed by atoms with van der Waals surface area (Å²) >= 11 is 0. The van der Waals surface area contributed by atoms with Crippen LogP contribution in [0.15, 0.2) is 24.3 Å². The second kappa shape index (κ2) is 9.12. The molecule has 0 aliphatic carbocycles. The monoisotopic (exact) mass is 378 g/mol. The second-order valence-corrected chi connectivity index (χ2v) is 6.83. The summed E-state index contributed by atoms with van der Waals surface area (Å²) in [5.74, 6) is 1.52. The Labute approximate surface area is 160 Å². The van der Waals surface area contributed by atoms with Crippen LogP contribution < -0.4 is 10.6 Å². The maximum atomic E-state index is 12.6. The first kappa shape index (κ1) is 20.4. The molecule has 0 atom stereocenters. The standard InChI is InChI=1S/C18H26N6O.ClH/c1-23(2)12-13-5-4-6-15(11-13)17(25)21-18-20-16(22-24(18)3)14-7-9-19-10-8-14;/h4-6,11,14,19H,7-10,12H2,1-3H3,(H,20,21,22,25);1H. The van der Waals surface area contributed by atoms with Crippen molar-refractivity contribution in [2.24, 2.45) is 7.05 Å². The Morgan fingerprint density at radius 2 is 2.08 bits per heavy atom. The molecule has 1 amide bonds. The Kier molecular flexibility index (Phi) is 7.14. The Morgan fingerprint density at radius 1 is 1.35 bits per heavy atom. The lowest BCUT2D eigenvalue weighted by Crippen LogP contribution is -2.27. The van der Waals surface area contributed by atoms with Gasteiger partial charge in [0.25, 0.3) is 5.91 Å². The topological polar surface area (TPSA) is 75.1 Å². The van der Waals surface area contributed by atoms with E-state index in [-0.39, 0.29) is 18.3 Å². The van der Waals surface area contributed by atoms with E-state index in [1.165, 1.54) is 0 Å². The first-order chi connectivity index (χ1) is 12.0. The van der Waals surface area contributed by atoms with Crippen LogP contribution in [0.2, 0.25) is 0 Å². The van der Waals surface area contributed by atoms with Crippen LogP contribution in [0.4, 0.5) is 5.95 Å². The number of piperidine rings is 1. The van der Waals surface area contributed by atoms with Crippen molar-refractivity contribution >= 4 is 24.3 Å². The van der Waals surface area contributed by atoms with Gasteiger partial charge in [0.1, 0.15) is 0 Å². The molecule has 2 heterocycles. The number of hydrogen-bond acceptors (Lipinski definition) is 5. The molecule has 1 fully saturated rings. The fourth-order valence-electron chi connectivity index (χ4n) is 3.12. The summed E-state index contributed by atoms with van der Waals surface area (Å²) in [6.07, 6.45) is 2.06. The number of benzene rings is 1. The number of aryl methyl sites for hydroxylation is 1. The molecule has 0 unspecified atom stereocenters. The number of nitrogens with zero attached hydrogens (tertiary/aromatic N) is 4. The quantitative estimate of drug-likeness (QED) is 0.832. The molecule has 2 aromatic rings. The van der Waals surface area contributed by atoms with E-state index in [2.05, 4.69) is 25.6 Å². The minimum absolute atomic E-state index is 0. The lowest BCUT2D eigenvalue weighted by atomic mass is 9.98. The van der Waals surface area contributed by atoms with Crippen molar-refractivity contribution in [3.8, 4) is 0 Å². The van der Waals surface area contributed by atoms with E-state index in [1.54, 1.807) is 4.68 Å². The Hall–Kier alpha value is -1.96. The molecule has 8 heteroatoms. The van der Waals surface area contributed by atoms with E-state index in [4.69, 9.17) is 0 Å². The molecule has 1 aromatic carbocycles. The lowest BCUT2D eigenvalue weighted by Gasteiger charge is -2.19. The van der Waals surface area contributed by atoms with E-state index in [9.17, 15) is 4.79 Å². The zero-order chi connectivity index (χ0) is 17.8. The minimum Gasteiger partial charge on any atom is -0.317 e. The second-order valence-electron chi connectivity index (χ2n) is 6.83. The summed E-state index contributed by atoms with van der Waals surface area (Å²) in [6, 6.07) is 7.66. The highest BCUT2D eigenvalue weighted by molar-refractivity contribution is 6.03. The van der Waals surface area contributed by atoms with Crippen molar-refractivity contribution in [3.05, 3.63) is 41.2 Å². The van der Waals surface area contributed by atoms with Gasteiger partial charge >= 0.3 is 0 Å². The number of hydrogen-bond donors (Lipinski definition) is 2. The Bertz CT molecular complexity index is 739. The highest BCUT2D eigenvalue weighted by Crippen LogP contribution is 2.23. The number of rotatable bonds is 5. The molecule has 2 N–H and O–H groups in total. The van der Waals surface area contributed by atoms with Crippen molar-refractivity contribution < 1.29 is 4.79 Å². The first-order valence-electron chi connectivity index (χ1n) is 8.69. The molecule has 7 nitrogen and oxygen atoms in total. The van der Waals surface area contributed by atoms with Crippen LogP contribution in [0.3, 0.4) is 0 Å². The van der Waals surface area contributed by atoms with Gasteiger partial charge in [0.15, 0.2) is 5.82 Å². The number of anilines is 1. The van der Waals surface area contributed by atoms with Crippen molar-refractivity contribution in [1.82, 2.24) is 25.0 Å². The molecule has 1 aliphatic rings. The van der Waals surface area contributed by atoms with Gasteiger partial charge in [0.05, 0.1) is 0 Å². The van der Waals surface area contributed by atoms with Crippen LogP contribution in [0, 0.1) is 0 Å². The van der Waals surface area contributed by atoms with Gasteiger partial charge in [-0.3, -0.25) is 10.1 Å². The largest absolute Gasteiger partial charge is 0.317 e. The van der Waals surface area contributed by atoms with E-state index in [0.717, 1.165) is 43.9 Å². The van der Waals surface area contributed by atoms with Gasteiger partial charge in [-0.2, -0.15) is 10.1 Å². The molecule has 26 heavy (non-hydrogen) atoms. The van der Waals surface area contributed by atoms with Crippen LogP contribution in [-0.2, 0) is 13.6 Å². The molecular formula is C18H27ClN6O. The zero-order valence-electron chi connectivity index (χ0n) is 15.5. The average Bonchev–Trinajstić information content (AvgIpc) is 2.96. The predicted molar refractivity (Wildman–Crippen MR) is 105 cm³/mol. The number of carbonyl (C=O) groups excluding carboxylic acids is 1. The smallest absolute Gasteiger partial charge is 0.258 e. The van der Waals surface area contributed by atoms with Gasteiger partial charge in [-0.1, -0.05) is 12.1 Å². The van der Waals surface area contributed by atoms with Crippen molar-refractivity contribution in [2.75, 3.05) is 32.5 Å². The van der Waals surface area contributed by atoms with Gasteiger partial charge in [-0.05, 0) is 57.7 Å². The van der Waals surface area contributed by atoms with Crippen molar-refractivity contribution in [3.63, 3.8) is 0 Å². The van der Waals surface area contributed by atoms with Crippen molar-refractivity contribution in [1.29, 1.82) is 0 Å². The lowest BCUT2D eigenvalue weighted by molar-refractivity contribution is 0.102. The summed E-state index contributed by atoms with van der Waals surface area (Å²) < 4.78 is 1.65. The molecule has 142 valence electrons. The molecule has 3 rings (SSSR count). The van der Waals surface area contributed by atoms with E-state index >= 15 is 0 Å². The minimum atomic E-state index is -0.159. The van der Waals surface area contributed by atoms with Crippen LogP contribution in [0.5, 0.6) is 0 Å². The van der Waals surface area contributed by atoms with Gasteiger partial charge < -0.3 is 10.2 Å². The molecule has 1 aliphatic heterocycles. The van der Waals surface area contributed by atoms with Gasteiger partial charge in [0.2, 0.25) is 5.95 Å². The fourth-order valence-corrected chi connectivity index (χ4v) is 3.12. The predicted octanol–water partition coefficient (Wildman–Crippen LogP) is 2.02. The molecule has 0 radical (unpaired) electrons. The maximum Gasteiger partial charge on any atom is 0.258 e. The Morgan fingerprint density at radius 3 is 2.77 bits per heavy atom. The van der Waals surface area contributed by atoms with E-state index < -0.39 is 0 Å². The van der Waals surface area contributed by atoms with Crippen molar-refractivity contribution in [2.45, 2.75) is 25.3 Å². The van der Waals surface area contributed by atoms with Gasteiger partial charge in [0, 0.05) is 25.1 Å². The third-order valence-corrected chi connectivity index (χ3v) is 4.40. The molecule has 1 saturated heterocycles. The maximum absolute atomic E-state index is 12.6. The van der Waals surface area contributed by atoms with Gasteiger partial charge in [-0.15, -0.1) is 12.4 Å². The summed E-state index contributed by atoms with van der Waals surface area (Å²) in [5.41, 5.74) is 1.73. The van der Waals surface area contributed by atoms with Gasteiger partial charge in [-0.25, -0.2) is 4.68 Å². The normalized spacial score (nSPS) is 14.9. The molecule has 1 aromatic heterocycles. The first-order valence-corrected chi connectivity index (χ1v) is 8.69. The molecule has 0 saturated carbocycles. The molecule has 0 bridgehead atoms. The number of carbonyl (C=O) groups is 1. The highest BCUT2D eigenvalue weighted by atomic mass is 35.5. The third kappa shape index (κ3) is 5.03. The van der Waals surface area contributed by atoms with Crippen LogP contribution in [0.25, 0.3) is 0 Å². The highest BCUT2D eigenvalue weighted by Gasteiger charge is 2.21. The summed E-state index contributed by atoms with van der Waals surface area (Å²) in [6.45, 7) is 2.78. The van der Waals surface area contributed by atoms with Crippen LogP contribution in [0.1, 0.15) is 40.5 Å². The molecule has 0 spiro atoms. The summed E-state index contributed by atoms with van der Waals surface area (Å²) in [5, 5.41) is 10.7. The number of amides is 1. The zero-order valence-corrected chi connectivity index (χ0v) is 16.3. The summed E-state index contributed by atoms with van der Waals surface area (Å²) in [7, 11) is 5.83. The average molecular weight is 379 g/mol. The summed E-state index contributed by atoms with van der Waals surface area (Å²) in [4.78, 5) is 19.2. The number of aromatic nitrogens is 3. The number of nitrogens with one attached hydrogen (secondary N) is 2. The van der Waals surface area contributed by atoms with Crippen LogP contribution in [-0.4, -0.2) is 52.8 Å². The Balaban J connectivity index is 0.00000243.